The van der Waals surface area contributed by atoms with Crippen LogP contribution in [0.1, 0.15) is 31.9 Å². The van der Waals surface area contributed by atoms with Gasteiger partial charge in [-0.05, 0) is 62.2 Å². The Kier molecular flexibility index (Phi) is 8.34. The van der Waals surface area contributed by atoms with E-state index >= 15 is 0 Å². The van der Waals surface area contributed by atoms with Crippen LogP contribution in [0.5, 0.6) is 11.5 Å². The number of carbonyl (C=O) groups is 1. The number of methoxy groups -OCH3 is 1. The van der Waals surface area contributed by atoms with Crippen molar-refractivity contribution in [3.63, 3.8) is 0 Å². The van der Waals surface area contributed by atoms with Gasteiger partial charge in [0.2, 0.25) is 10.0 Å². The van der Waals surface area contributed by atoms with E-state index in [0.29, 0.717) is 29.6 Å². The zero-order chi connectivity index (χ0) is 23.3. The average Bonchev–Trinajstić information content (AvgIpc) is 2.72. The van der Waals surface area contributed by atoms with Gasteiger partial charge in [0.1, 0.15) is 11.5 Å². The second-order valence-corrected chi connectivity index (χ2v) is 9.39. The maximum absolute atomic E-state index is 12.8. The highest BCUT2D eigenvalue weighted by Crippen LogP contribution is 2.30. The molecular formula is C22H29ClN2O5S. The van der Waals surface area contributed by atoms with E-state index < -0.39 is 22.0 Å². The van der Waals surface area contributed by atoms with Crippen molar-refractivity contribution in [2.24, 2.45) is 0 Å². The maximum atomic E-state index is 12.8. The molecule has 0 unspecified atom stereocenters. The topological polar surface area (TPSA) is 84.9 Å². The summed E-state index contributed by atoms with van der Waals surface area (Å²) in [6.07, 6.45) is -0.840. The number of aryl methyl sites for hydroxylation is 2. The molecule has 0 aliphatic rings. The molecule has 31 heavy (non-hydrogen) atoms. The molecule has 9 heteroatoms. The number of amides is 1. The zero-order valence-electron chi connectivity index (χ0n) is 18.7. The first kappa shape index (κ1) is 25.0. The second kappa shape index (κ2) is 10.3. The fourth-order valence-corrected chi connectivity index (χ4v) is 4.72. The van der Waals surface area contributed by atoms with E-state index in [1.54, 1.807) is 32.9 Å². The van der Waals surface area contributed by atoms with E-state index in [1.807, 2.05) is 13.8 Å². The van der Waals surface area contributed by atoms with E-state index in [9.17, 15) is 13.2 Å². The van der Waals surface area contributed by atoms with Crippen LogP contribution in [0.25, 0.3) is 0 Å². The van der Waals surface area contributed by atoms with Gasteiger partial charge in [0.15, 0.2) is 6.10 Å². The number of anilines is 1. The first-order chi connectivity index (χ1) is 14.5. The van der Waals surface area contributed by atoms with Crippen molar-refractivity contribution in [2.45, 2.75) is 45.6 Å². The Hall–Kier alpha value is -2.29. The van der Waals surface area contributed by atoms with Crippen molar-refractivity contribution >= 4 is 33.2 Å². The number of nitrogens with one attached hydrogen (secondary N) is 1. The summed E-state index contributed by atoms with van der Waals surface area (Å²) in [5, 5.41) is 3.36. The zero-order valence-corrected chi connectivity index (χ0v) is 20.2. The molecule has 7 nitrogen and oxygen atoms in total. The largest absolute Gasteiger partial charge is 0.495 e. The molecule has 0 aliphatic heterocycles. The van der Waals surface area contributed by atoms with Gasteiger partial charge >= 0.3 is 0 Å². The molecule has 0 heterocycles. The SMILES string of the molecule is CCN(CC)S(=O)(=O)c1ccc(OC)c(NC(=O)[C@@H](C)Oc2cc(C)c(Cl)c(C)c2)c1. The van der Waals surface area contributed by atoms with Gasteiger partial charge in [-0.25, -0.2) is 8.42 Å². The third kappa shape index (κ3) is 5.70. The molecular weight excluding hydrogens is 440 g/mol. The molecule has 0 spiro atoms. The minimum atomic E-state index is -3.68. The summed E-state index contributed by atoms with van der Waals surface area (Å²) in [4.78, 5) is 12.8. The van der Waals surface area contributed by atoms with Crippen LogP contribution in [-0.4, -0.2) is 44.9 Å². The lowest BCUT2D eigenvalue weighted by atomic mass is 10.1. The maximum Gasteiger partial charge on any atom is 0.265 e. The highest BCUT2D eigenvalue weighted by molar-refractivity contribution is 7.89. The minimum Gasteiger partial charge on any atom is -0.495 e. The monoisotopic (exact) mass is 468 g/mol. The molecule has 1 atom stereocenters. The fourth-order valence-electron chi connectivity index (χ4n) is 3.12. The number of carbonyl (C=O) groups excluding carboxylic acids is 1. The smallest absolute Gasteiger partial charge is 0.265 e. The van der Waals surface area contributed by atoms with E-state index in [1.165, 1.54) is 29.6 Å². The lowest BCUT2D eigenvalue weighted by Crippen LogP contribution is -2.31. The van der Waals surface area contributed by atoms with Crippen molar-refractivity contribution in [1.29, 1.82) is 0 Å². The molecule has 0 fully saturated rings. The average molecular weight is 469 g/mol. The van der Waals surface area contributed by atoms with Crippen LogP contribution in [0.15, 0.2) is 35.2 Å². The number of halogens is 1. The minimum absolute atomic E-state index is 0.0739. The third-order valence-corrected chi connectivity index (χ3v) is 7.51. The predicted octanol–water partition coefficient (Wildman–Crippen LogP) is 4.40. The molecule has 0 saturated carbocycles. The normalized spacial score (nSPS) is 12.5. The van der Waals surface area contributed by atoms with E-state index in [2.05, 4.69) is 5.32 Å². The molecule has 170 valence electrons. The van der Waals surface area contributed by atoms with Gasteiger partial charge in [0, 0.05) is 18.1 Å². The lowest BCUT2D eigenvalue weighted by molar-refractivity contribution is -0.122. The highest BCUT2D eigenvalue weighted by atomic mass is 35.5. The van der Waals surface area contributed by atoms with E-state index in [4.69, 9.17) is 21.1 Å². The number of sulfonamides is 1. The number of hydrogen-bond acceptors (Lipinski definition) is 5. The summed E-state index contributed by atoms with van der Waals surface area (Å²) in [5.74, 6) is 0.421. The molecule has 1 N–H and O–H groups in total. The summed E-state index contributed by atoms with van der Waals surface area (Å²) >= 11 is 6.18. The second-order valence-electron chi connectivity index (χ2n) is 7.07. The standard InChI is InChI=1S/C22H29ClN2O5S/c1-7-25(8-2)31(27,28)18-9-10-20(29-6)19(13-18)24-22(26)16(5)30-17-11-14(3)21(23)15(4)12-17/h9-13,16H,7-8H2,1-6H3,(H,24,26)/t16-/m1/s1. The molecule has 1 amide bonds. The highest BCUT2D eigenvalue weighted by Gasteiger charge is 2.24. The van der Waals surface area contributed by atoms with Crippen molar-refractivity contribution in [3.05, 3.63) is 46.5 Å². The number of hydrogen-bond donors (Lipinski definition) is 1. The molecule has 2 aromatic carbocycles. The molecule has 0 aromatic heterocycles. The lowest BCUT2D eigenvalue weighted by Gasteiger charge is -2.20. The van der Waals surface area contributed by atoms with Gasteiger partial charge in [-0.3, -0.25) is 4.79 Å². The van der Waals surface area contributed by atoms with Crippen molar-refractivity contribution in [1.82, 2.24) is 4.31 Å². The van der Waals surface area contributed by atoms with Gasteiger partial charge in [-0.1, -0.05) is 25.4 Å². The molecule has 0 saturated heterocycles. The Balaban J connectivity index is 2.27. The molecule has 2 aromatic rings. The van der Waals surface area contributed by atoms with Crippen LogP contribution in [-0.2, 0) is 14.8 Å². The van der Waals surface area contributed by atoms with Crippen molar-refractivity contribution in [3.8, 4) is 11.5 Å². The third-order valence-electron chi connectivity index (χ3n) is 4.86. The Morgan fingerprint density at radius 2 is 1.71 bits per heavy atom. The molecule has 2 rings (SSSR count). The van der Waals surface area contributed by atoms with Crippen LogP contribution in [0, 0.1) is 13.8 Å². The number of nitrogens with zero attached hydrogens (tertiary/aromatic N) is 1. The molecule has 0 radical (unpaired) electrons. The summed E-state index contributed by atoms with van der Waals surface area (Å²) in [6, 6.07) is 7.90. The van der Waals surface area contributed by atoms with E-state index in [-0.39, 0.29) is 10.6 Å². The Bertz CT molecular complexity index is 1030. The molecule has 0 bridgehead atoms. The number of ether oxygens (including phenoxy) is 2. The summed E-state index contributed by atoms with van der Waals surface area (Å²) in [6.45, 7) is 9.56. The molecule has 0 aliphatic carbocycles. The summed E-state index contributed by atoms with van der Waals surface area (Å²) in [5.41, 5.74) is 1.94. The van der Waals surface area contributed by atoms with E-state index in [0.717, 1.165) is 11.1 Å². The van der Waals surface area contributed by atoms with Crippen LogP contribution in [0.3, 0.4) is 0 Å². The first-order valence-corrected chi connectivity index (χ1v) is 11.8. The van der Waals surface area contributed by atoms with Crippen molar-refractivity contribution < 1.29 is 22.7 Å². The summed E-state index contributed by atoms with van der Waals surface area (Å²) in [7, 11) is -2.24. The van der Waals surface area contributed by atoms with Gasteiger partial charge in [0.25, 0.3) is 5.91 Å². The van der Waals surface area contributed by atoms with Gasteiger partial charge in [-0.15, -0.1) is 0 Å². The van der Waals surface area contributed by atoms with Crippen LogP contribution < -0.4 is 14.8 Å². The Morgan fingerprint density at radius 1 is 1.13 bits per heavy atom. The van der Waals surface area contributed by atoms with Crippen LogP contribution >= 0.6 is 11.6 Å². The Morgan fingerprint density at radius 3 is 2.23 bits per heavy atom. The first-order valence-electron chi connectivity index (χ1n) is 9.97. The van der Waals surface area contributed by atoms with Gasteiger partial charge in [0.05, 0.1) is 17.7 Å². The predicted molar refractivity (Wildman–Crippen MR) is 123 cm³/mol. The van der Waals surface area contributed by atoms with Crippen LogP contribution in [0.2, 0.25) is 5.02 Å². The quantitative estimate of drug-likeness (QED) is 0.589. The van der Waals surface area contributed by atoms with Crippen molar-refractivity contribution in [2.75, 3.05) is 25.5 Å². The van der Waals surface area contributed by atoms with Crippen LogP contribution in [0.4, 0.5) is 5.69 Å². The van der Waals surface area contributed by atoms with Gasteiger partial charge in [-0.2, -0.15) is 4.31 Å². The fraction of sp³-hybridized carbons (Fsp3) is 0.409. The Labute approximate surface area is 189 Å². The number of rotatable bonds is 9. The summed E-state index contributed by atoms with van der Waals surface area (Å²) < 4.78 is 38.1. The number of benzene rings is 2. The van der Waals surface area contributed by atoms with Gasteiger partial charge < -0.3 is 14.8 Å².